The molecule has 1 aromatic carbocycles. The van der Waals surface area contributed by atoms with Gasteiger partial charge in [-0.15, -0.1) is 0 Å². The van der Waals surface area contributed by atoms with Crippen molar-refractivity contribution in [2.24, 2.45) is 0 Å². The Bertz CT molecular complexity index is 1070. The van der Waals surface area contributed by atoms with Gasteiger partial charge in [-0.1, -0.05) is 23.7 Å². The summed E-state index contributed by atoms with van der Waals surface area (Å²) in [5, 5.41) is 3.56. The quantitative estimate of drug-likeness (QED) is 0.704. The Morgan fingerprint density at radius 1 is 1.07 bits per heavy atom. The highest BCUT2D eigenvalue weighted by Gasteiger charge is 2.38. The number of amides is 1. The van der Waals surface area contributed by atoms with Crippen LogP contribution in [0.3, 0.4) is 0 Å². The van der Waals surface area contributed by atoms with Gasteiger partial charge in [0.25, 0.3) is 5.91 Å². The molecular weight excluding hydrogens is 376 g/mol. The zero-order chi connectivity index (χ0) is 19.1. The van der Waals surface area contributed by atoms with E-state index in [4.69, 9.17) is 16.3 Å². The van der Waals surface area contributed by atoms with Crippen molar-refractivity contribution in [3.8, 4) is 5.75 Å². The molecule has 1 aliphatic carbocycles. The third kappa shape index (κ3) is 2.96. The number of carbonyl (C=O) groups excluding carboxylic acids is 1. The normalized spacial score (nSPS) is 15.3. The van der Waals surface area contributed by atoms with Gasteiger partial charge in [-0.3, -0.25) is 4.79 Å². The highest BCUT2D eigenvalue weighted by atomic mass is 35.5. The van der Waals surface area contributed by atoms with Crippen molar-refractivity contribution in [2.75, 3.05) is 10.2 Å². The molecule has 6 nitrogen and oxygen atoms in total. The highest BCUT2D eigenvalue weighted by Crippen LogP contribution is 2.44. The fourth-order valence-electron chi connectivity index (χ4n) is 3.37. The van der Waals surface area contributed by atoms with Crippen LogP contribution in [0.15, 0.2) is 54.9 Å². The van der Waals surface area contributed by atoms with E-state index in [1.54, 1.807) is 30.6 Å². The van der Waals surface area contributed by atoms with Crippen molar-refractivity contribution in [3.05, 3.63) is 71.0 Å². The topological polar surface area (TPSA) is 67.3 Å². The molecule has 140 valence electrons. The lowest BCUT2D eigenvalue weighted by Crippen LogP contribution is -2.22. The molecule has 28 heavy (non-hydrogen) atoms. The van der Waals surface area contributed by atoms with Crippen molar-refractivity contribution in [1.29, 1.82) is 0 Å². The number of hydrogen-bond donors (Lipinski definition) is 1. The van der Waals surface area contributed by atoms with E-state index >= 15 is 0 Å². The monoisotopic (exact) mass is 392 g/mol. The summed E-state index contributed by atoms with van der Waals surface area (Å²) in [5.41, 5.74) is 2.03. The zero-order valence-electron chi connectivity index (χ0n) is 14.9. The van der Waals surface area contributed by atoms with Gasteiger partial charge < -0.3 is 15.0 Å². The first-order valence-corrected chi connectivity index (χ1v) is 9.51. The first-order chi connectivity index (χ1) is 13.7. The Kier molecular flexibility index (Phi) is 4.13. The Labute approximate surface area is 167 Å². The third-order valence-electron chi connectivity index (χ3n) is 4.88. The number of aromatic nitrogens is 2. The van der Waals surface area contributed by atoms with Crippen LogP contribution in [-0.4, -0.2) is 21.9 Å². The molecule has 1 N–H and O–H groups in total. The largest absolute Gasteiger partial charge is 0.487 e. The molecule has 0 unspecified atom stereocenters. The second kappa shape index (κ2) is 6.80. The number of nitrogens with one attached hydrogen (secondary N) is 1. The van der Waals surface area contributed by atoms with Crippen LogP contribution in [-0.2, 0) is 6.61 Å². The minimum Gasteiger partial charge on any atom is -0.487 e. The van der Waals surface area contributed by atoms with Gasteiger partial charge in [-0.05, 0) is 43.2 Å². The van der Waals surface area contributed by atoms with Crippen LogP contribution in [0, 0.1) is 0 Å². The summed E-state index contributed by atoms with van der Waals surface area (Å²) in [6, 6.07) is 13.0. The molecule has 1 amide bonds. The molecule has 1 fully saturated rings. The minimum absolute atomic E-state index is 0.195. The Morgan fingerprint density at radius 3 is 2.71 bits per heavy atom. The summed E-state index contributed by atoms with van der Waals surface area (Å²) in [6.07, 6.45) is 5.54. The van der Waals surface area contributed by atoms with E-state index < -0.39 is 0 Å². The van der Waals surface area contributed by atoms with E-state index in [0.29, 0.717) is 39.7 Å². The number of ether oxygens (including phenoxy) is 1. The van der Waals surface area contributed by atoms with E-state index in [0.717, 1.165) is 18.4 Å². The highest BCUT2D eigenvalue weighted by molar-refractivity contribution is 6.32. The number of rotatable bonds is 4. The molecule has 3 aromatic rings. The molecule has 3 heterocycles. The Hall–Kier alpha value is -3.12. The number of fused-ring (bicyclic) bond motifs is 2. The summed E-state index contributed by atoms with van der Waals surface area (Å²) >= 11 is 6.19. The van der Waals surface area contributed by atoms with E-state index in [2.05, 4.69) is 20.2 Å². The maximum Gasteiger partial charge on any atom is 0.259 e. The second-order valence-corrected chi connectivity index (χ2v) is 7.22. The predicted octanol–water partition coefficient (Wildman–Crippen LogP) is 4.58. The number of hydrogen-bond acceptors (Lipinski definition) is 5. The lowest BCUT2D eigenvalue weighted by Gasteiger charge is -2.24. The van der Waals surface area contributed by atoms with Gasteiger partial charge in [0.05, 0.1) is 16.3 Å². The molecule has 1 aliphatic heterocycles. The summed E-state index contributed by atoms with van der Waals surface area (Å²) in [7, 11) is 0. The molecule has 1 saturated carbocycles. The minimum atomic E-state index is -0.195. The van der Waals surface area contributed by atoms with Crippen molar-refractivity contribution < 1.29 is 9.53 Å². The fourth-order valence-corrected chi connectivity index (χ4v) is 3.56. The number of anilines is 3. The number of pyridine rings is 2. The number of carbonyl (C=O) groups is 1. The van der Waals surface area contributed by atoms with Crippen LogP contribution in [0.25, 0.3) is 0 Å². The van der Waals surface area contributed by atoms with Crippen LogP contribution < -0.4 is 15.0 Å². The molecule has 5 rings (SSSR count). The van der Waals surface area contributed by atoms with Crippen LogP contribution in [0.1, 0.15) is 28.8 Å². The number of halogens is 1. The van der Waals surface area contributed by atoms with Crippen molar-refractivity contribution in [2.45, 2.75) is 25.5 Å². The van der Waals surface area contributed by atoms with Crippen molar-refractivity contribution >= 4 is 34.8 Å². The molecule has 2 aliphatic rings. The van der Waals surface area contributed by atoms with E-state index in [9.17, 15) is 4.79 Å². The van der Waals surface area contributed by atoms with Gasteiger partial charge in [0.2, 0.25) is 0 Å². The van der Waals surface area contributed by atoms with E-state index in [1.165, 1.54) is 0 Å². The van der Waals surface area contributed by atoms with Gasteiger partial charge in [0, 0.05) is 24.0 Å². The molecule has 2 aromatic heterocycles. The van der Waals surface area contributed by atoms with Crippen LogP contribution in [0.2, 0.25) is 5.02 Å². The van der Waals surface area contributed by atoms with Crippen LogP contribution in [0.5, 0.6) is 5.75 Å². The first kappa shape index (κ1) is 17.0. The van der Waals surface area contributed by atoms with E-state index in [1.807, 2.05) is 24.3 Å². The maximum absolute atomic E-state index is 12.9. The lowest BCUT2D eigenvalue weighted by molar-refractivity contribution is 0.102. The van der Waals surface area contributed by atoms with Gasteiger partial charge in [0.15, 0.2) is 5.82 Å². The molecule has 0 atom stereocenters. The van der Waals surface area contributed by atoms with Crippen LogP contribution >= 0.6 is 11.6 Å². The average Bonchev–Trinajstić information content (AvgIpc) is 3.55. The van der Waals surface area contributed by atoms with Crippen LogP contribution in [0.4, 0.5) is 17.3 Å². The third-order valence-corrected chi connectivity index (χ3v) is 5.19. The predicted molar refractivity (Wildman–Crippen MR) is 107 cm³/mol. The fraction of sp³-hybridized carbons (Fsp3) is 0.190. The summed E-state index contributed by atoms with van der Waals surface area (Å²) in [4.78, 5) is 24.0. The molecular formula is C21H17ClN4O2. The average molecular weight is 393 g/mol. The number of benzene rings is 1. The Morgan fingerprint density at radius 2 is 1.89 bits per heavy atom. The first-order valence-electron chi connectivity index (χ1n) is 9.13. The lowest BCUT2D eigenvalue weighted by atomic mass is 10.2. The van der Waals surface area contributed by atoms with Gasteiger partial charge >= 0.3 is 0 Å². The SMILES string of the molecule is O=C1Nc2c(COc3ccccc3Cl)ccnc2N(C2CC2)c2ncccc21. The smallest absolute Gasteiger partial charge is 0.259 e. The Balaban J connectivity index is 1.56. The van der Waals surface area contributed by atoms with E-state index in [-0.39, 0.29) is 12.5 Å². The van der Waals surface area contributed by atoms with Crippen molar-refractivity contribution in [1.82, 2.24) is 9.97 Å². The molecule has 7 heteroatoms. The molecule has 0 radical (unpaired) electrons. The summed E-state index contributed by atoms with van der Waals surface area (Å²) in [5.74, 6) is 1.75. The van der Waals surface area contributed by atoms with Gasteiger partial charge in [-0.2, -0.15) is 0 Å². The summed E-state index contributed by atoms with van der Waals surface area (Å²) in [6.45, 7) is 0.261. The molecule has 0 bridgehead atoms. The number of para-hydroxylation sites is 1. The summed E-state index contributed by atoms with van der Waals surface area (Å²) < 4.78 is 5.91. The van der Waals surface area contributed by atoms with Crippen molar-refractivity contribution in [3.63, 3.8) is 0 Å². The standard InChI is InChI=1S/C21H17ClN4O2/c22-16-5-1-2-6-17(16)28-12-13-9-11-24-20-18(13)25-21(27)15-4-3-10-23-19(15)26(20)14-7-8-14/h1-6,9-11,14H,7-8,12H2,(H,25,27). The van der Waals surface area contributed by atoms with Gasteiger partial charge in [0.1, 0.15) is 18.2 Å². The molecule has 0 saturated heterocycles. The zero-order valence-corrected chi connectivity index (χ0v) is 15.7. The maximum atomic E-state index is 12.9. The number of nitrogens with zero attached hydrogens (tertiary/aromatic N) is 3. The van der Waals surface area contributed by atoms with Gasteiger partial charge in [-0.25, -0.2) is 9.97 Å². The second-order valence-electron chi connectivity index (χ2n) is 6.82. The molecule has 0 spiro atoms.